The molecule has 11 unspecified atom stereocenters. The summed E-state index contributed by atoms with van der Waals surface area (Å²) in [5.41, 5.74) is -0.636. The van der Waals surface area contributed by atoms with Crippen LogP contribution in [0.5, 0.6) is 0 Å². The molecule has 0 rings (SSSR count). The number of carbonyl (C=O) groups excluding carboxylic acids is 10. The fourth-order valence-corrected chi connectivity index (χ4v) is 17.1. The molecule has 0 aromatic carbocycles. The summed E-state index contributed by atoms with van der Waals surface area (Å²) in [5.74, 6) is 1.44. The van der Waals surface area contributed by atoms with Gasteiger partial charge in [0.05, 0.1) is 6.10 Å². The lowest BCUT2D eigenvalue weighted by Gasteiger charge is -2.33. The Morgan fingerprint density at radius 3 is 0.950 bits per heavy atom. The summed E-state index contributed by atoms with van der Waals surface area (Å²) in [5, 5.41) is 6.10. The predicted octanol–water partition coefficient (Wildman–Crippen LogP) is 25.9. The molecular formula is C102H184N2O16. The van der Waals surface area contributed by atoms with E-state index in [4.69, 9.17) is 28.4 Å². The summed E-state index contributed by atoms with van der Waals surface area (Å²) >= 11 is 0. The van der Waals surface area contributed by atoms with Gasteiger partial charge < -0.3 is 58.2 Å². The molecule has 120 heavy (non-hydrogen) atoms. The van der Waals surface area contributed by atoms with Crippen molar-refractivity contribution in [2.75, 3.05) is 19.7 Å². The van der Waals surface area contributed by atoms with Gasteiger partial charge in [-0.2, -0.15) is 0 Å². The second kappa shape index (κ2) is 81.0. The van der Waals surface area contributed by atoms with E-state index in [1.54, 1.807) is 41.5 Å². The first-order valence-corrected chi connectivity index (χ1v) is 49.8. The van der Waals surface area contributed by atoms with E-state index >= 15 is 0 Å². The molecule has 18 nitrogen and oxygen atoms in total. The summed E-state index contributed by atoms with van der Waals surface area (Å²) < 4.78 is 34.3. The van der Waals surface area contributed by atoms with Crippen molar-refractivity contribution < 1.29 is 76.4 Å². The zero-order valence-electron chi connectivity index (χ0n) is 78.9. The van der Waals surface area contributed by atoms with Crippen LogP contribution < -0.4 is 10.6 Å². The molecule has 0 radical (unpaired) electrons. The minimum atomic E-state index is -1.16. The highest BCUT2D eigenvalue weighted by molar-refractivity contribution is 5.87. The average Bonchev–Trinajstić information content (AvgIpc) is 0.871. The van der Waals surface area contributed by atoms with E-state index in [1.165, 1.54) is 270 Å². The summed E-state index contributed by atoms with van der Waals surface area (Å²) in [6.45, 7) is 27.2. The zero-order chi connectivity index (χ0) is 88.8. The van der Waals surface area contributed by atoms with Crippen LogP contribution in [0.1, 0.15) is 480 Å². The lowest BCUT2D eigenvalue weighted by molar-refractivity contribution is -0.171. The van der Waals surface area contributed by atoms with E-state index < -0.39 is 54.2 Å². The van der Waals surface area contributed by atoms with Gasteiger partial charge in [-0.25, -0.2) is 9.59 Å². The van der Waals surface area contributed by atoms with Crippen molar-refractivity contribution in [2.45, 2.75) is 522 Å². The molecule has 0 spiro atoms. The summed E-state index contributed by atoms with van der Waals surface area (Å²) in [7, 11) is 0. The first-order valence-electron chi connectivity index (χ1n) is 49.8. The number of amides is 2. The normalized spacial score (nSPS) is 14.5. The maximum atomic E-state index is 13.2. The number of rotatable bonds is 91. The minimum Gasteiger partial charge on any atom is -0.463 e. The second-order valence-electron chi connectivity index (χ2n) is 36.3. The molecule has 0 aliphatic carbocycles. The van der Waals surface area contributed by atoms with Crippen molar-refractivity contribution in [1.29, 1.82) is 0 Å². The molecular weight excluding hydrogens is 1510 g/mol. The molecule has 0 bridgehead atoms. The Morgan fingerprint density at radius 2 is 0.642 bits per heavy atom. The van der Waals surface area contributed by atoms with E-state index in [-0.39, 0.29) is 80.0 Å². The Hall–Kier alpha value is -5.10. The van der Waals surface area contributed by atoms with Crippen LogP contribution in [0.15, 0.2) is 24.3 Å². The van der Waals surface area contributed by atoms with Crippen molar-refractivity contribution in [1.82, 2.24) is 10.6 Å². The minimum absolute atomic E-state index is 0.0733. The number of aldehydes is 4. The molecule has 0 saturated carbocycles. The molecule has 698 valence electrons. The number of carbonyl (C=O) groups is 10. The highest BCUT2D eigenvalue weighted by atomic mass is 16.6. The third-order valence-corrected chi connectivity index (χ3v) is 24.4. The van der Waals surface area contributed by atoms with Crippen LogP contribution in [0.3, 0.4) is 0 Å². The van der Waals surface area contributed by atoms with Crippen LogP contribution >= 0.6 is 0 Å². The molecule has 0 heterocycles. The summed E-state index contributed by atoms with van der Waals surface area (Å²) in [6, 6.07) is 0. The Morgan fingerprint density at radius 1 is 0.358 bits per heavy atom. The van der Waals surface area contributed by atoms with E-state index in [1.807, 2.05) is 0 Å². The van der Waals surface area contributed by atoms with Gasteiger partial charge in [-0.05, 0) is 90.9 Å². The van der Waals surface area contributed by atoms with Crippen molar-refractivity contribution in [2.24, 2.45) is 23.7 Å². The van der Waals surface area contributed by atoms with Gasteiger partial charge in [0.15, 0.2) is 0 Å². The molecule has 2 N–H and O–H groups in total. The quantitative estimate of drug-likeness (QED) is 0.0189. The Balaban J connectivity index is 5.16. The molecule has 11 atom stereocenters. The molecule has 0 fully saturated rings. The lowest BCUT2D eigenvalue weighted by Crippen LogP contribution is -2.43. The Kier molecular flexibility index (Phi) is 77.5. The number of ether oxygens (including phenoxy) is 6. The van der Waals surface area contributed by atoms with Crippen molar-refractivity contribution in [3.63, 3.8) is 0 Å². The molecule has 0 aliphatic heterocycles. The lowest BCUT2D eigenvalue weighted by atomic mass is 9.78. The smallest absolute Gasteiger partial charge is 0.333 e. The van der Waals surface area contributed by atoms with Gasteiger partial charge in [0.1, 0.15) is 67.9 Å². The van der Waals surface area contributed by atoms with Crippen LogP contribution in [-0.2, 0) is 76.4 Å². The summed E-state index contributed by atoms with van der Waals surface area (Å²) in [4.78, 5) is 122. The fraction of sp³-hybridized carbons (Fsp3) is 0.863. The Bertz CT molecular complexity index is 2580. The van der Waals surface area contributed by atoms with Crippen LogP contribution in [0.25, 0.3) is 0 Å². The van der Waals surface area contributed by atoms with Gasteiger partial charge >= 0.3 is 23.9 Å². The van der Waals surface area contributed by atoms with Gasteiger partial charge in [0, 0.05) is 75.6 Å². The second-order valence-corrected chi connectivity index (χ2v) is 36.3. The third kappa shape index (κ3) is 68.3. The zero-order valence-corrected chi connectivity index (χ0v) is 78.9. The van der Waals surface area contributed by atoms with Crippen LogP contribution in [-0.4, -0.2) is 123 Å². The number of hydrogen-bond donors (Lipinski definition) is 2. The topological polar surface area (TPSA) is 250 Å². The average molecular weight is 1690 g/mol. The van der Waals surface area contributed by atoms with E-state index in [2.05, 4.69) is 51.5 Å². The van der Waals surface area contributed by atoms with E-state index in [0.717, 1.165) is 107 Å². The monoisotopic (exact) mass is 1690 g/mol. The van der Waals surface area contributed by atoms with Crippen LogP contribution in [0.4, 0.5) is 0 Å². The molecule has 0 aromatic heterocycles. The van der Waals surface area contributed by atoms with E-state index in [9.17, 15) is 47.9 Å². The van der Waals surface area contributed by atoms with E-state index in [0.29, 0.717) is 57.5 Å². The largest absolute Gasteiger partial charge is 0.463 e. The maximum absolute atomic E-state index is 13.2. The van der Waals surface area contributed by atoms with Crippen LogP contribution in [0.2, 0.25) is 0 Å². The molecule has 18 heteroatoms. The summed E-state index contributed by atoms with van der Waals surface area (Å²) in [6.07, 6.45) is 68.1. The van der Waals surface area contributed by atoms with Crippen molar-refractivity contribution >= 4 is 60.8 Å². The third-order valence-electron chi connectivity index (χ3n) is 24.4. The predicted molar refractivity (Wildman–Crippen MR) is 492 cm³/mol. The Labute approximate surface area is 734 Å². The highest BCUT2D eigenvalue weighted by Crippen LogP contribution is 2.37. The van der Waals surface area contributed by atoms with Gasteiger partial charge in [-0.15, -0.1) is 0 Å². The van der Waals surface area contributed by atoms with Crippen molar-refractivity contribution in [3.8, 4) is 0 Å². The van der Waals surface area contributed by atoms with Gasteiger partial charge in [0.2, 0.25) is 11.8 Å². The fourth-order valence-electron chi connectivity index (χ4n) is 17.1. The highest BCUT2D eigenvalue weighted by Gasteiger charge is 2.35. The SMILES string of the molecule is C=C(C)C(=O)OC(C)CC(OC(=O)CCCCCCCCC(CCCCCCCC)C(CCCCCCCC)CCCCCCCCC(=O)NCCNC(=O)CCCCCCCCC(CCCCCCCC)C(CCCCCCCC)CCCCCCCCC(=O)OCC(C)(CC(C)OC(=O)C(=C)C)OC(C=O)CC=O)C(C)OC(C=O)CC=O. The maximum Gasteiger partial charge on any atom is 0.333 e. The first kappa shape index (κ1) is 115. The first-order chi connectivity index (χ1) is 58.0. The van der Waals surface area contributed by atoms with Crippen molar-refractivity contribution in [3.05, 3.63) is 24.3 Å². The van der Waals surface area contributed by atoms with Crippen LogP contribution in [0, 0.1) is 23.7 Å². The standard InChI is InChI=1S/C102H184N2O16/c1-13-17-21-25-37-49-61-89(91(63-51-39-27-23-19-15-3)67-55-43-31-35-47-59-71-98(111)115-83-102(12,120-94(82-108)74-78-106)80-87(10)117-101(114)85(7)8)65-53-41-29-33-45-57-69-96(109)103-75-76-104-97(110)70-58-46-34-30-42-54-66-90(62-50-38-26-22-18-14-2)92(64-52-40-28-24-20-16-4)68-56-44-32-36-48-60-72-99(112)119-95(79-86(9)116-100(113)84(5)6)88(11)118-93(81-107)73-77-105/h77-78,81-82,86-95H,5,7,13-76,79-80,83H2,1-4,6,8-12H3,(H,103,109)(H,104,110). The van der Waals surface area contributed by atoms with Gasteiger partial charge in [-0.3, -0.25) is 19.2 Å². The molecule has 0 aliphatic rings. The number of unbranched alkanes of at least 4 members (excludes halogenated alkanes) is 40. The molecule has 2 amide bonds. The number of hydrogen-bond acceptors (Lipinski definition) is 16. The molecule has 0 saturated heterocycles. The number of nitrogens with one attached hydrogen (secondary N) is 2. The van der Waals surface area contributed by atoms with Gasteiger partial charge in [-0.1, -0.05) is 375 Å². The number of esters is 4. The van der Waals surface area contributed by atoms with Gasteiger partial charge in [0.25, 0.3) is 0 Å². The molecule has 0 aromatic rings.